The molecule has 1 heterocycles. The lowest BCUT2D eigenvalue weighted by atomic mass is 10.1. The second-order valence-electron chi connectivity index (χ2n) is 3.80. The van der Waals surface area contributed by atoms with Gasteiger partial charge >= 0.3 is 0 Å². The van der Waals surface area contributed by atoms with Crippen LogP contribution in [-0.4, -0.2) is 25.3 Å². The highest BCUT2D eigenvalue weighted by molar-refractivity contribution is 5.81. The van der Waals surface area contributed by atoms with Crippen LogP contribution in [0.3, 0.4) is 0 Å². The van der Waals surface area contributed by atoms with E-state index < -0.39 is 0 Å². The Labute approximate surface area is 101 Å². The fourth-order valence-electron chi connectivity index (χ4n) is 1.54. The van der Waals surface area contributed by atoms with E-state index in [1.54, 1.807) is 7.05 Å². The number of amides is 1. The molecule has 1 rings (SSSR count). The van der Waals surface area contributed by atoms with Gasteiger partial charge in [-0.3, -0.25) is 10.1 Å². The SMILES string of the molecule is CNC(=O)C(CCC=O)NCc1ccc(C)o1. The van der Waals surface area contributed by atoms with Gasteiger partial charge in [-0.25, -0.2) is 0 Å². The predicted molar refractivity (Wildman–Crippen MR) is 63.4 cm³/mol. The Bertz CT molecular complexity index is 374. The van der Waals surface area contributed by atoms with Gasteiger partial charge in [0.05, 0.1) is 12.6 Å². The maximum atomic E-state index is 11.5. The number of carbonyl (C=O) groups excluding carboxylic acids is 2. The van der Waals surface area contributed by atoms with Crippen molar-refractivity contribution in [1.29, 1.82) is 0 Å². The van der Waals surface area contributed by atoms with Crippen molar-refractivity contribution in [3.63, 3.8) is 0 Å². The average Bonchev–Trinajstić information content (AvgIpc) is 2.74. The summed E-state index contributed by atoms with van der Waals surface area (Å²) in [5, 5.41) is 5.64. The standard InChI is InChI=1S/C12H18N2O3/c1-9-5-6-10(17-9)8-14-11(4-3-7-15)12(16)13-2/h5-7,11,14H,3-4,8H2,1-2H3,(H,13,16). The van der Waals surface area contributed by atoms with Crippen molar-refractivity contribution in [3.8, 4) is 0 Å². The summed E-state index contributed by atoms with van der Waals surface area (Å²) >= 11 is 0. The van der Waals surface area contributed by atoms with E-state index in [9.17, 15) is 9.59 Å². The molecule has 0 fully saturated rings. The average molecular weight is 238 g/mol. The first kappa shape index (κ1) is 13.4. The maximum Gasteiger partial charge on any atom is 0.236 e. The van der Waals surface area contributed by atoms with Crippen molar-refractivity contribution < 1.29 is 14.0 Å². The van der Waals surface area contributed by atoms with Crippen molar-refractivity contribution in [2.45, 2.75) is 32.4 Å². The summed E-state index contributed by atoms with van der Waals surface area (Å²) in [5.41, 5.74) is 0. The summed E-state index contributed by atoms with van der Waals surface area (Å²) in [6.07, 6.45) is 1.67. The lowest BCUT2D eigenvalue weighted by Gasteiger charge is -2.15. The number of hydrogen-bond donors (Lipinski definition) is 2. The van der Waals surface area contributed by atoms with Crippen LogP contribution in [0.2, 0.25) is 0 Å². The topological polar surface area (TPSA) is 71.3 Å². The molecule has 1 unspecified atom stereocenters. The van der Waals surface area contributed by atoms with Gasteiger partial charge in [0.15, 0.2) is 0 Å². The van der Waals surface area contributed by atoms with Crippen molar-refractivity contribution in [3.05, 3.63) is 23.7 Å². The normalized spacial score (nSPS) is 12.1. The zero-order chi connectivity index (χ0) is 12.7. The Morgan fingerprint density at radius 1 is 1.53 bits per heavy atom. The second kappa shape index (κ2) is 6.85. The number of hydrogen-bond acceptors (Lipinski definition) is 4. The molecule has 1 aromatic rings. The van der Waals surface area contributed by atoms with Crippen molar-refractivity contribution in [2.75, 3.05) is 7.05 Å². The fraction of sp³-hybridized carbons (Fsp3) is 0.500. The molecular weight excluding hydrogens is 220 g/mol. The molecule has 1 atom stereocenters. The third-order valence-corrected chi connectivity index (χ3v) is 2.45. The summed E-state index contributed by atoms with van der Waals surface area (Å²) < 4.78 is 5.39. The van der Waals surface area contributed by atoms with Crippen LogP contribution in [0.5, 0.6) is 0 Å². The zero-order valence-corrected chi connectivity index (χ0v) is 10.2. The van der Waals surface area contributed by atoms with Crippen molar-refractivity contribution >= 4 is 12.2 Å². The molecule has 0 saturated heterocycles. The number of nitrogens with one attached hydrogen (secondary N) is 2. The molecule has 1 aromatic heterocycles. The molecular formula is C12H18N2O3. The van der Waals surface area contributed by atoms with E-state index in [1.807, 2.05) is 19.1 Å². The molecule has 5 nitrogen and oxygen atoms in total. The highest BCUT2D eigenvalue weighted by Crippen LogP contribution is 2.06. The van der Waals surface area contributed by atoms with Crippen LogP contribution in [0.4, 0.5) is 0 Å². The number of rotatable bonds is 7. The summed E-state index contributed by atoms with van der Waals surface area (Å²) in [4.78, 5) is 21.8. The number of aldehydes is 1. The number of furan rings is 1. The third kappa shape index (κ3) is 4.40. The van der Waals surface area contributed by atoms with E-state index in [-0.39, 0.29) is 11.9 Å². The molecule has 0 bridgehead atoms. The van der Waals surface area contributed by atoms with E-state index in [1.165, 1.54) is 0 Å². The quantitative estimate of drug-likeness (QED) is 0.688. The minimum absolute atomic E-state index is 0.116. The molecule has 1 amide bonds. The first-order valence-corrected chi connectivity index (χ1v) is 5.61. The Hall–Kier alpha value is -1.62. The monoisotopic (exact) mass is 238 g/mol. The predicted octanol–water partition coefficient (Wildman–Crippen LogP) is 0.771. The molecule has 2 N–H and O–H groups in total. The van der Waals surface area contributed by atoms with Gasteiger partial charge in [-0.1, -0.05) is 0 Å². The van der Waals surface area contributed by atoms with Crippen LogP contribution in [0.15, 0.2) is 16.5 Å². The van der Waals surface area contributed by atoms with Crippen molar-refractivity contribution in [1.82, 2.24) is 10.6 Å². The number of aryl methyl sites for hydroxylation is 1. The van der Waals surface area contributed by atoms with Crippen LogP contribution < -0.4 is 10.6 Å². The first-order valence-electron chi connectivity index (χ1n) is 5.61. The lowest BCUT2D eigenvalue weighted by molar-refractivity contribution is -0.123. The molecule has 17 heavy (non-hydrogen) atoms. The van der Waals surface area contributed by atoms with Crippen LogP contribution in [0, 0.1) is 6.92 Å². The van der Waals surface area contributed by atoms with Crippen LogP contribution in [-0.2, 0) is 16.1 Å². The van der Waals surface area contributed by atoms with Gasteiger partial charge in [-0.05, 0) is 25.5 Å². The molecule has 0 radical (unpaired) electrons. The van der Waals surface area contributed by atoms with E-state index in [0.717, 1.165) is 17.8 Å². The van der Waals surface area contributed by atoms with Gasteiger partial charge in [0.1, 0.15) is 17.8 Å². The largest absolute Gasteiger partial charge is 0.465 e. The summed E-state index contributed by atoms with van der Waals surface area (Å²) in [6.45, 7) is 2.34. The molecule has 0 aromatic carbocycles. The molecule has 0 aliphatic heterocycles. The first-order chi connectivity index (χ1) is 8.17. The molecule has 94 valence electrons. The minimum atomic E-state index is -0.365. The Balaban J connectivity index is 2.48. The van der Waals surface area contributed by atoms with Crippen LogP contribution in [0.1, 0.15) is 24.4 Å². The Kier molecular flexibility index (Phi) is 5.42. The smallest absolute Gasteiger partial charge is 0.236 e. The fourth-order valence-corrected chi connectivity index (χ4v) is 1.54. The van der Waals surface area contributed by atoms with E-state index in [0.29, 0.717) is 19.4 Å². The highest BCUT2D eigenvalue weighted by atomic mass is 16.3. The van der Waals surface area contributed by atoms with Gasteiger partial charge in [0.25, 0.3) is 0 Å². The van der Waals surface area contributed by atoms with E-state index in [4.69, 9.17) is 4.42 Å². The van der Waals surface area contributed by atoms with Crippen LogP contribution >= 0.6 is 0 Å². The van der Waals surface area contributed by atoms with Gasteiger partial charge in [-0.15, -0.1) is 0 Å². The molecule has 5 heteroatoms. The van der Waals surface area contributed by atoms with Gasteiger partial charge in [0, 0.05) is 13.5 Å². The Morgan fingerprint density at radius 2 is 2.29 bits per heavy atom. The zero-order valence-electron chi connectivity index (χ0n) is 10.2. The Morgan fingerprint density at radius 3 is 2.82 bits per heavy atom. The maximum absolute atomic E-state index is 11.5. The minimum Gasteiger partial charge on any atom is -0.465 e. The van der Waals surface area contributed by atoms with Gasteiger partial charge in [-0.2, -0.15) is 0 Å². The van der Waals surface area contributed by atoms with E-state index >= 15 is 0 Å². The number of carbonyl (C=O) groups is 2. The van der Waals surface area contributed by atoms with Gasteiger partial charge in [0.2, 0.25) is 5.91 Å². The van der Waals surface area contributed by atoms with Gasteiger partial charge < -0.3 is 14.5 Å². The van der Waals surface area contributed by atoms with Crippen molar-refractivity contribution in [2.24, 2.45) is 0 Å². The third-order valence-electron chi connectivity index (χ3n) is 2.45. The molecule has 0 aliphatic rings. The molecule has 0 spiro atoms. The molecule has 0 saturated carbocycles. The number of likely N-dealkylation sites (N-methyl/N-ethyl adjacent to an activating group) is 1. The van der Waals surface area contributed by atoms with E-state index in [2.05, 4.69) is 10.6 Å². The second-order valence-corrected chi connectivity index (χ2v) is 3.80. The lowest BCUT2D eigenvalue weighted by Crippen LogP contribution is -2.42. The highest BCUT2D eigenvalue weighted by Gasteiger charge is 2.16. The molecule has 0 aliphatic carbocycles. The summed E-state index contributed by atoms with van der Waals surface area (Å²) in [5.74, 6) is 1.50. The van der Waals surface area contributed by atoms with Crippen LogP contribution in [0.25, 0.3) is 0 Å². The summed E-state index contributed by atoms with van der Waals surface area (Å²) in [6, 6.07) is 3.37. The summed E-state index contributed by atoms with van der Waals surface area (Å²) in [7, 11) is 1.58.